The van der Waals surface area contributed by atoms with Crippen molar-refractivity contribution in [3.8, 4) is 0 Å². The largest absolute Gasteiger partial charge is 0.462 e. The number of rotatable bonds is 6. The Morgan fingerprint density at radius 2 is 1.94 bits per heavy atom. The summed E-state index contributed by atoms with van der Waals surface area (Å²) in [5.41, 5.74) is 1.82. The molecule has 0 radical (unpaired) electrons. The zero-order valence-corrected chi connectivity index (χ0v) is 20.0. The molecule has 2 aromatic heterocycles. The maximum Gasteiger partial charge on any atom is 0.341 e. The third-order valence-corrected chi connectivity index (χ3v) is 7.92. The highest BCUT2D eigenvalue weighted by Crippen LogP contribution is 2.32. The summed E-state index contributed by atoms with van der Waals surface area (Å²) in [4.78, 5) is 29.7. The van der Waals surface area contributed by atoms with Gasteiger partial charge in [-0.15, -0.1) is 0 Å². The molecule has 0 bridgehead atoms. The van der Waals surface area contributed by atoms with E-state index >= 15 is 0 Å². The van der Waals surface area contributed by atoms with Crippen molar-refractivity contribution in [2.24, 2.45) is 13.0 Å². The van der Waals surface area contributed by atoms with Crippen LogP contribution in [0.25, 0.3) is 0 Å². The SMILES string of the molecule is CCOC(=O)c1c(S(=O)(=O)N2CCC[C@H](C(=O)Nc3cccc(C)n3)C2)c(C)n(C)c1C. The van der Waals surface area contributed by atoms with E-state index < -0.39 is 21.9 Å². The van der Waals surface area contributed by atoms with Crippen molar-refractivity contribution in [1.82, 2.24) is 13.9 Å². The van der Waals surface area contributed by atoms with Gasteiger partial charge in [-0.3, -0.25) is 4.79 Å². The van der Waals surface area contributed by atoms with Crippen LogP contribution in [0.4, 0.5) is 5.82 Å². The summed E-state index contributed by atoms with van der Waals surface area (Å²) in [6.45, 7) is 7.33. The lowest BCUT2D eigenvalue weighted by Gasteiger charge is -2.31. The van der Waals surface area contributed by atoms with E-state index in [-0.39, 0.29) is 36.1 Å². The van der Waals surface area contributed by atoms with Gasteiger partial charge >= 0.3 is 5.97 Å². The number of anilines is 1. The Labute approximate surface area is 188 Å². The zero-order valence-electron chi connectivity index (χ0n) is 19.1. The maximum absolute atomic E-state index is 13.6. The summed E-state index contributed by atoms with van der Waals surface area (Å²) >= 11 is 0. The van der Waals surface area contributed by atoms with Gasteiger partial charge in [0.2, 0.25) is 15.9 Å². The maximum atomic E-state index is 13.6. The number of aryl methyl sites for hydroxylation is 1. The van der Waals surface area contributed by atoms with E-state index in [0.29, 0.717) is 30.0 Å². The molecular formula is C22H30N4O5S. The summed E-state index contributed by atoms with van der Waals surface area (Å²) in [6, 6.07) is 5.33. The Morgan fingerprint density at radius 1 is 1.22 bits per heavy atom. The summed E-state index contributed by atoms with van der Waals surface area (Å²) in [5, 5.41) is 2.79. The number of hydrogen-bond acceptors (Lipinski definition) is 6. The van der Waals surface area contributed by atoms with Crippen LogP contribution in [0.3, 0.4) is 0 Å². The van der Waals surface area contributed by atoms with Gasteiger partial charge in [0, 0.05) is 37.2 Å². The molecule has 174 valence electrons. The molecule has 1 aliphatic heterocycles. The van der Waals surface area contributed by atoms with E-state index in [1.807, 2.05) is 13.0 Å². The molecule has 1 amide bonds. The van der Waals surface area contributed by atoms with Crippen LogP contribution in [0.5, 0.6) is 0 Å². The van der Waals surface area contributed by atoms with Gasteiger partial charge in [0.05, 0.1) is 12.5 Å². The van der Waals surface area contributed by atoms with E-state index in [1.165, 1.54) is 4.31 Å². The van der Waals surface area contributed by atoms with Crippen molar-refractivity contribution in [3.05, 3.63) is 40.8 Å². The van der Waals surface area contributed by atoms with E-state index in [2.05, 4.69) is 10.3 Å². The molecule has 3 rings (SSSR count). The average Bonchev–Trinajstić information content (AvgIpc) is 2.98. The van der Waals surface area contributed by atoms with Crippen LogP contribution in [0.1, 0.15) is 47.2 Å². The van der Waals surface area contributed by atoms with Gasteiger partial charge in [0.1, 0.15) is 16.3 Å². The molecule has 10 heteroatoms. The highest BCUT2D eigenvalue weighted by atomic mass is 32.2. The molecule has 0 aromatic carbocycles. The number of carbonyl (C=O) groups excluding carboxylic acids is 2. The number of pyridine rings is 1. The molecule has 0 spiro atoms. The Kier molecular flexibility index (Phi) is 7.04. The summed E-state index contributed by atoms with van der Waals surface area (Å²) < 4.78 is 35.4. The molecule has 1 aliphatic rings. The third kappa shape index (κ3) is 4.56. The molecule has 0 unspecified atom stereocenters. The lowest BCUT2D eigenvalue weighted by atomic mass is 9.99. The first-order chi connectivity index (χ1) is 15.1. The number of nitrogens with one attached hydrogen (secondary N) is 1. The van der Waals surface area contributed by atoms with Crippen LogP contribution >= 0.6 is 0 Å². The monoisotopic (exact) mass is 462 g/mol. The van der Waals surface area contributed by atoms with Crippen LogP contribution in [-0.2, 0) is 26.6 Å². The highest BCUT2D eigenvalue weighted by molar-refractivity contribution is 7.89. The molecule has 2 aromatic rings. The zero-order chi connectivity index (χ0) is 23.6. The van der Waals surface area contributed by atoms with Gasteiger partial charge in [-0.05, 0) is 52.7 Å². The molecule has 32 heavy (non-hydrogen) atoms. The van der Waals surface area contributed by atoms with Crippen molar-refractivity contribution >= 4 is 27.7 Å². The van der Waals surface area contributed by atoms with Crippen molar-refractivity contribution in [2.75, 3.05) is 25.0 Å². The van der Waals surface area contributed by atoms with Crippen LogP contribution in [0, 0.1) is 26.7 Å². The molecule has 1 atom stereocenters. The van der Waals surface area contributed by atoms with Crippen molar-refractivity contribution in [1.29, 1.82) is 0 Å². The number of esters is 1. The Bertz CT molecular complexity index is 1140. The second-order valence-electron chi connectivity index (χ2n) is 8.01. The van der Waals surface area contributed by atoms with Crippen LogP contribution < -0.4 is 5.32 Å². The lowest BCUT2D eigenvalue weighted by molar-refractivity contribution is -0.120. The number of hydrogen-bond donors (Lipinski definition) is 1. The lowest BCUT2D eigenvalue weighted by Crippen LogP contribution is -2.44. The molecular weight excluding hydrogens is 432 g/mol. The quantitative estimate of drug-likeness (QED) is 0.661. The fraction of sp³-hybridized carbons (Fsp3) is 0.500. The van der Waals surface area contributed by atoms with E-state index in [9.17, 15) is 18.0 Å². The van der Waals surface area contributed by atoms with E-state index in [1.54, 1.807) is 44.5 Å². The van der Waals surface area contributed by atoms with Crippen LogP contribution in [0.2, 0.25) is 0 Å². The molecule has 0 aliphatic carbocycles. The molecule has 3 heterocycles. The minimum Gasteiger partial charge on any atom is -0.462 e. The molecule has 1 saturated heterocycles. The summed E-state index contributed by atoms with van der Waals surface area (Å²) in [6.07, 6.45) is 1.11. The molecule has 1 fully saturated rings. The number of piperidine rings is 1. The van der Waals surface area contributed by atoms with Crippen molar-refractivity contribution in [3.63, 3.8) is 0 Å². The molecule has 0 saturated carbocycles. The van der Waals surface area contributed by atoms with Gasteiger partial charge in [-0.25, -0.2) is 18.2 Å². The third-order valence-electron chi connectivity index (χ3n) is 5.90. The van der Waals surface area contributed by atoms with Crippen molar-refractivity contribution in [2.45, 2.75) is 45.4 Å². The number of carbonyl (C=O) groups is 2. The normalized spacial score (nSPS) is 17.2. The average molecular weight is 463 g/mol. The first kappa shape index (κ1) is 23.9. The number of nitrogens with zero attached hydrogens (tertiary/aromatic N) is 3. The Morgan fingerprint density at radius 3 is 2.59 bits per heavy atom. The number of aromatic nitrogens is 2. The number of amides is 1. The van der Waals surface area contributed by atoms with Gasteiger partial charge in [0.25, 0.3) is 0 Å². The van der Waals surface area contributed by atoms with Gasteiger partial charge in [-0.1, -0.05) is 6.07 Å². The van der Waals surface area contributed by atoms with Gasteiger partial charge < -0.3 is 14.6 Å². The minimum atomic E-state index is -4.02. The van der Waals surface area contributed by atoms with Crippen LogP contribution in [0.15, 0.2) is 23.1 Å². The highest BCUT2D eigenvalue weighted by Gasteiger charge is 2.39. The van der Waals surface area contributed by atoms with E-state index in [0.717, 1.165) is 5.69 Å². The minimum absolute atomic E-state index is 0.0373. The first-order valence-electron chi connectivity index (χ1n) is 10.7. The molecule has 1 N–H and O–H groups in total. The van der Waals surface area contributed by atoms with Gasteiger partial charge in [0.15, 0.2) is 0 Å². The Hall–Kier alpha value is -2.72. The summed E-state index contributed by atoms with van der Waals surface area (Å²) in [5.74, 6) is -1.01. The fourth-order valence-corrected chi connectivity index (χ4v) is 6.02. The molecule has 9 nitrogen and oxygen atoms in total. The first-order valence-corrected chi connectivity index (χ1v) is 12.1. The van der Waals surface area contributed by atoms with Crippen molar-refractivity contribution < 1.29 is 22.7 Å². The summed E-state index contributed by atoms with van der Waals surface area (Å²) in [7, 11) is -2.30. The van der Waals surface area contributed by atoms with Crippen LogP contribution in [-0.4, -0.2) is 53.8 Å². The standard InChI is InChI=1S/C22H30N4O5S/c1-6-31-22(28)19-15(3)25(5)16(4)20(19)32(29,30)26-12-8-10-17(13-26)21(27)24-18-11-7-9-14(2)23-18/h7,9,11,17H,6,8,10,12-13H2,1-5H3,(H,23,24,27)/t17-/m0/s1. The smallest absolute Gasteiger partial charge is 0.341 e. The topological polar surface area (TPSA) is 111 Å². The van der Waals surface area contributed by atoms with E-state index in [4.69, 9.17) is 4.74 Å². The second kappa shape index (κ2) is 9.41. The van der Waals surface area contributed by atoms with Gasteiger partial charge in [-0.2, -0.15) is 4.31 Å². The number of sulfonamides is 1. The number of ether oxygens (including phenoxy) is 1. The predicted molar refractivity (Wildman–Crippen MR) is 120 cm³/mol. The Balaban J connectivity index is 1.88. The second-order valence-corrected chi connectivity index (χ2v) is 9.88. The predicted octanol–water partition coefficient (Wildman–Crippen LogP) is 2.56. The fourth-order valence-electron chi connectivity index (χ4n) is 4.02.